The van der Waals surface area contributed by atoms with Crippen molar-refractivity contribution in [3.8, 4) is 0 Å². The summed E-state index contributed by atoms with van der Waals surface area (Å²) in [5, 5.41) is 0. The molecule has 0 heterocycles. The Morgan fingerprint density at radius 1 is 0.955 bits per heavy atom. The lowest BCUT2D eigenvalue weighted by atomic mass is 10.1. The molecular formula is C16H29NO5. The predicted molar refractivity (Wildman–Crippen MR) is 86.3 cm³/mol. The van der Waals surface area contributed by atoms with E-state index in [1.54, 1.807) is 27.7 Å². The summed E-state index contributed by atoms with van der Waals surface area (Å²) < 4.78 is 15.5. The van der Waals surface area contributed by atoms with Crippen LogP contribution >= 0.6 is 0 Å². The van der Waals surface area contributed by atoms with Gasteiger partial charge < -0.3 is 19.9 Å². The molecule has 2 N–H and O–H groups in total. The molecule has 0 rings (SSSR count). The molecular weight excluding hydrogens is 286 g/mol. The normalized spacial score (nSPS) is 10.1. The third-order valence-electron chi connectivity index (χ3n) is 2.38. The minimum Gasteiger partial charge on any atom is -0.460 e. The second kappa shape index (κ2) is 11.9. The smallest absolute Gasteiger partial charge is 0.333 e. The summed E-state index contributed by atoms with van der Waals surface area (Å²) in [6.45, 7) is 14.7. The molecule has 22 heavy (non-hydrogen) atoms. The highest BCUT2D eigenvalue weighted by Gasteiger charge is 2.22. The molecule has 0 aliphatic carbocycles. The number of hydrogen-bond acceptors (Lipinski definition) is 6. The molecule has 0 aliphatic heterocycles. The third kappa shape index (κ3) is 12.1. The lowest BCUT2D eigenvalue weighted by molar-refractivity contribution is -0.153. The Bertz CT molecular complexity index is 388. The van der Waals surface area contributed by atoms with Crippen LogP contribution in [0.4, 0.5) is 0 Å². The van der Waals surface area contributed by atoms with E-state index < -0.39 is 17.5 Å². The summed E-state index contributed by atoms with van der Waals surface area (Å²) in [7, 11) is 1.50. The van der Waals surface area contributed by atoms with Crippen LogP contribution in [0, 0.1) is 0 Å². The van der Waals surface area contributed by atoms with Crippen LogP contribution in [-0.2, 0) is 23.8 Å². The van der Waals surface area contributed by atoms with Crippen LogP contribution in [0.1, 0.15) is 34.1 Å². The van der Waals surface area contributed by atoms with Crippen LogP contribution in [0.25, 0.3) is 0 Å². The standard InChI is InChI=1S/C15H24O5.CH5N/c1-11(2)13(16)19-10-9-18-8-7-15(5,6)20-14(17)12(3)4;1-2/h1,3,7-10H2,2,4-6H3;2H2,1H3. The van der Waals surface area contributed by atoms with Crippen LogP contribution < -0.4 is 5.73 Å². The van der Waals surface area contributed by atoms with E-state index in [4.69, 9.17) is 14.2 Å². The van der Waals surface area contributed by atoms with Crippen molar-refractivity contribution >= 4 is 11.9 Å². The lowest BCUT2D eigenvalue weighted by Crippen LogP contribution is -2.30. The van der Waals surface area contributed by atoms with Gasteiger partial charge in [-0.05, 0) is 34.7 Å². The van der Waals surface area contributed by atoms with Crippen molar-refractivity contribution in [1.29, 1.82) is 0 Å². The molecule has 0 spiro atoms. The fraction of sp³-hybridized carbons (Fsp3) is 0.625. The molecule has 0 fully saturated rings. The lowest BCUT2D eigenvalue weighted by Gasteiger charge is -2.25. The fourth-order valence-corrected chi connectivity index (χ4v) is 1.13. The van der Waals surface area contributed by atoms with E-state index in [9.17, 15) is 9.59 Å². The van der Waals surface area contributed by atoms with Gasteiger partial charge in [-0.3, -0.25) is 0 Å². The van der Waals surface area contributed by atoms with Crippen molar-refractivity contribution in [2.45, 2.75) is 39.7 Å². The molecule has 0 atom stereocenters. The number of carbonyl (C=O) groups is 2. The van der Waals surface area contributed by atoms with Crippen molar-refractivity contribution in [2.75, 3.05) is 26.9 Å². The van der Waals surface area contributed by atoms with E-state index in [2.05, 4.69) is 18.9 Å². The van der Waals surface area contributed by atoms with E-state index in [0.29, 0.717) is 30.8 Å². The van der Waals surface area contributed by atoms with Crippen molar-refractivity contribution in [1.82, 2.24) is 0 Å². The summed E-state index contributed by atoms with van der Waals surface area (Å²) in [6.07, 6.45) is 0.542. The Morgan fingerprint density at radius 2 is 1.45 bits per heavy atom. The summed E-state index contributed by atoms with van der Waals surface area (Å²) in [5.74, 6) is -0.838. The number of esters is 2. The van der Waals surface area contributed by atoms with Gasteiger partial charge in [-0.2, -0.15) is 0 Å². The minimum atomic E-state index is -0.621. The highest BCUT2D eigenvalue weighted by atomic mass is 16.6. The molecule has 0 aromatic rings. The molecule has 128 valence electrons. The number of rotatable bonds is 9. The Balaban J connectivity index is 0. The zero-order chi connectivity index (χ0) is 17.8. The monoisotopic (exact) mass is 315 g/mol. The molecule has 0 saturated heterocycles. The number of ether oxygens (including phenoxy) is 3. The Kier molecular flexibility index (Phi) is 12.3. The van der Waals surface area contributed by atoms with Crippen molar-refractivity contribution in [2.24, 2.45) is 5.73 Å². The Labute approximate surface area is 133 Å². The molecule has 0 aromatic carbocycles. The second-order valence-corrected chi connectivity index (χ2v) is 5.21. The topological polar surface area (TPSA) is 87.9 Å². The van der Waals surface area contributed by atoms with Gasteiger partial charge in [0.25, 0.3) is 0 Å². The zero-order valence-electron chi connectivity index (χ0n) is 14.4. The van der Waals surface area contributed by atoms with E-state index in [-0.39, 0.29) is 6.61 Å². The summed E-state index contributed by atoms with van der Waals surface area (Å²) in [5.41, 5.74) is 4.60. The average molecular weight is 315 g/mol. The Hall–Kier alpha value is -1.66. The number of nitrogens with two attached hydrogens (primary N) is 1. The van der Waals surface area contributed by atoms with E-state index >= 15 is 0 Å². The molecule has 0 unspecified atom stereocenters. The maximum absolute atomic E-state index is 11.4. The molecule has 0 aliphatic rings. The SMILES string of the molecule is C=C(C)C(=O)OCCOCCC(C)(C)OC(=O)C(=C)C.CN. The van der Waals surface area contributed by atoms with E-state index in [0.717, 1.165) is 0 Å². The molecule has 0 bridgehead atoms. The van der Waals surface area contributed by atoms with E-state index in [1.807, 2.05) is 0 Å². The first-order valence-corrected chi connectivity index (χ1v) is 7.02. The third-order valence-corrected chi connectivity index (χ3v) is 2.38. The summed E-state index contributed by atoms with van der Waals surface area (Å²) in [6, 6.07) is 0. The fourth-order valence-electron chi connectivity index (χ4n) is 1.13. The van der Waals surface area contributed by atoms with E-state index in [1.165, 1.54) is 7.05 Å². The van der Waals surface area contributed by atoms with Crippen molar-refractivity contribution in [3.63, 3.8) is 0 Å². The van der Waals surface area contributed by atoms with Gasteiger partial charge in [0.15, 0.2) is 0 Å². The first kappa shape index (κ1) is 22.6. The first-order chi connectivity index (χ1) is 10.2. The van der Waals surface area contributed by atoms with Gasteiger partial charge in [0.2, 0.25) is 0 Å². The molecule has 0 radical (unpaired) electrons. The maximum atomic E-state index is 11.4. The van der Waals surface area contributed by atoms with Gasteiger partial charge in [0, 0.05) is 17.6 Å². The van der Waals surface area contributed by atoms with Crippen LogP contribution in [0.5, 0.6) is 0 Å². The van der Waals surface area contributed by atoms with Gasteiger partial charge >= 0.3 is 11.9 Å². The molecule has 0 saturated carbocycles. The molecule has 0 amide bonds. The zero-order valence-corrected chi connectivity index (χ0v) is 14.4. The van der Waals surface area contributed by atoms with Gasteiger partial charge in [0.1, 0.15) is 12.2 Å². The van der Waals surface area contributed by atoms with Gasteiger partial charge in [-0.25, -0.2) is 9.59 Å². The first-order valence-electron chi connectivity index (χ1n) is 7.02. The van der Waals surface area contributed by atoms with Crippen LogP contribution in [0.15, 0.2) is 24.3 Å². The van der Waals surface area contributed by atoms with Crippen LogP contribution in [0.2, 0.25) is 0 Å². The summed E-state index contributed by atoms with van der Waals surface area (Å²) >= 11 is 0. The van der Waals surface area contributed by atoms with Crippen molar-refractivity contribution < 1.29 is 23.8 Å². The quantitative estimate of drug-likeness (QED) is 0.398. The largest absolute Gasteiger partial charge is 0.460 e. The predicted octanol–water partition coefficient (Wildman–Crippen LogP) is 1.99. The van der Waals surface area contributed by atoms with Gasteiger partial charge in [-0.1, -0.05) is 13.2 Å². The van der Waals surface area contributed by atoms with Gasteiger partial charge in [0.05, 0.1) is 13.2 Å². The van der Waals surface area contributed by atoms with Crippen LogP contribution in [-0.4, -0.2) is 44.4 Å². The molecule has 6 nitrogen and oxygen atoms in total. The van der Waals surface area contributed by atoms with Crippen molar-refractivity contribution in [3.05, 3.63) is 24.3 Å². The second-order valence-electron chi connectivity index (χ2n) is 5.21. The average Bonchev–Trinajstić information content (AvgIpc) is 2.43. The highest BCUT2D eigenvalue weighted by Crippen LogP contribution is 2.16. The Morgan fingerprint density at radius 3 is 1.91 bits per heavy atom. The van der Waals surface area contributed by atoms with Crippen LogP contribution in [0.3, 0.4) is 0 Å². The minimum absolute atomic E-state index is 0.178. The molecule has 0 aromatic heterocycles. The number of carbonyl (C=O) groups excluding carboxylic acids is 2. The molecule has 6 heteroatoms. The van der Waals surface area contributed by atoms with Gasteiger partial charge in [-0.15, -0.1) is 0 Å². The number of hydrogen-bond donors (Lipinski definition) is 1. The highest BCUT2D eigenvalue weighted by molar-refractivity contribution is 5.87. The maximum Gasteiger partial charge on any atom is 0.333 e. The summed E-state index contributed by atoms with van der Waals surface area (Å²) in [4.78, 5) is 22.5.